The summed E-state index contributed by atoms with van der Waals surface area (Å²) in [6, 6.07) is 3.27. The summed E-state index contributed by atoms with van der Waals surface area (Å²) < 4.78 is 36.9. The van der Waals surface area contributed by atoms with Gasteiger partial charge in [-0.15, -0.1) is 0 Å². The van der Waals surface area contributed by atoms with Crippen molar-refractivity contribution in [3.63, 3.8) is 0 Å². The second-order valence-electron chi connectivity index (χ2n) is 5.23. The van der Waals surface area contributed by atoms with Crippen LogP contribution in [0.2, 0.25) is 0 Å². The van der Waals surface area contributed by atoms with E-state index in [1.807, 2.05) is 0 Å². The predicted octanol–water partition coefficient (Wildman–Crippen LogP) is 4.38. The predicted molar refractivity (Wildman–Crippen MR) is 83.2 cm³/mol. The Kier molecular flexibility index (Phi) is 5.06. The Bertz CT molecular complexity index is 536. The maximum Gasteiger partial charge on any atom is 0.338 e. The zero-order valence-corrected chi connectivity index (χ0v) is 14.1. The van der Waals surface area contributed by atoms with Gasteiger partial charge in [-0.3, -0.25) is 0 Å². The molecular formula is C15H17F2IO3. The van der Waals surface area contributed by atoms with Crippen LogP contribution in [0.5, 0.6) is 5.75 Å². The first-order valence-electron chi connectivity index (χ1n) is 6.83. The number of hydrogen-bond acceptors (Lipinski definition) is 3. The standard InChI is InChI=1S/C15H17F2IO3/c1-3-20-14(19)10-6-11(9-4-5-9)13(18)12(7-10)21-8-15(2,16)17/h6-7,9H,3-5,8H2,1-2H3. The second-order valence-corrected chi connectivity index (χ2v) is 6.31. The van der Waals surface area contributed by atoms with E-state index in [2.05, 4.69) is 22.6 Å². The minimum atomic E-state index is -2.91. The smallest absolute Gasteiger partial charge is 0.338 e. The molecule has 1 aliphatic rings. The fourth-order valence-electron chi connectivity index (χ4n) is 1.95. The van der Waals surface area contributed by atoms with Gasteiger partial charge >= 0.3 is 5.97 Å². The zero-order chi connectivity index (χ0) is 15.6. The Morgan fingerprint density at radius 3 is 2.62 bits per heavy atom. The molecule has 116 valence electrons. The van der Waals surface area contributed by atoms with E-state index in [1.54, 1.807) is 13.0 Å². The maximum atomic E-state index is 13.0. The second kappa shape index (κ2) is 6.46. The number of alkyl halides is 2. The lowest BCUT2D eigenvalue weighted by atomic mass is 10.1. The summed E-state index contributed by atoms with van der Waals surface area (Å²) >= 11 is 2.09. The summed E-state index contributed by atoms with van der Waals surface area (Å²) in [6.07, 6.45) is 2.09. The Labute approximate surface area is 136 Å². The highest BCUT2D eigenvalue weighted by Gasteiger charge is 2.29. The summed E-state index contributed by atoms with van der Waals surface area (Å²) in [6.45, 7) is 2.09. The van der Waals surface area contributed by atoms with Crippen molar-refractivity contribution >= 4 is 28.6 Å². The van der Waals surface area contributed by atoms with Crippen molar-refractivity contribution in [1.29, 1.82) is 0 Å². The van der Waals surface area contributed by atoms with Gasteiger partial charge < -0.3 is 9.47 Å². The van der Waals surface area contributed by atoms with Crippen LogP contribution in [0, 0.1) is 3.57 Å². The Morgan fingerprint density at radius 1 is 1.43 bits per heavy atom. The molecule has 1 aromatic carbocycles. The van der Waals surface area contributed by atoms with Crippen molar-refractivity contribution in [2.75, 3.05) is 13.2 Å². The van der Waals surface area contributed by atoms with E-state index in [-0.39, 0.29) is 6.61 Å². The molecule has 0 N–H and O–H groups in total. The molecule has 21 heavy (non-hydrogen) atoms. The van der Waals surface area contributed by atoms with Crippen LogP contribution in [0.15, 0.2) is 12.1 Å². The molecule has 0 saturated heterocycles. The summed E-state index contributed by atoms with van der Waals surface area (Å²) in [5.74, 6) is -2.66. The number of hydrogen-bond donors (Lipinski definition) is 0. The number of benzene rings is 1. The van der Waals surface area contributed by atoms with Gasteiger partial charge in [-0.2, -0.15) is 0 Å². The van der Waals surface area contributed by atoms with E-state index < -0.39 is 18.5 Å². The van der Waals surface area contributed by atoms with Crippen LogP contribution in [-0.4, -0.2) is 25.1 Å². The normalized spacial score (nSPS) is 14.9. The van der Waals surface area contributed by atoms with Crippen LogP contribution in [0.4, 0.5) is 8.78 Å². The van der Waals surface area contributed by atoms with E-state index in [4.69, 9.17) is 9.47 Å². The van der Waals surface area contributed by atoms with Crippen molar-refractivity contribution in [3.8, 4) is 5.75 Å². The average molecular weight is 410 g/mol. The maximum absolute atomic E-state index is 13.0. The van der Waals surface area contributed by atoms with E-state index in [1.165, 1.54) is 6.07 Å². The van der Waals surface area contributed by atoms with Gasteiger partial charge in [0.15, 0.2) is 6.61 Å². The largest absolute Gasteiger partial charge is 0.486 e. The molecule has 3 nitrogen and oxygen atoms in total. The third-order valence-electron chi connectivity index (χ3n) is 3.08. The van der Waals surface area contributed by atoms with E-state index >= 15 is 0 Å². The van der Waals surface area contributed by atoms with Gasteiger partial charge in [0.05, 0.1) is 15.7 Å². The third-order valence-corrected chi connectivity index (χ3v) is 4.23. The highest BCUT2D eigenvalue weighted by atomic mass is 127. The Balaban J connectivity index is 2.30. The number of ether oxygens (including phenoxy) is 2. The summed E-state index contributed by atoms with van der Waals surface area (Å²) in [5.41, 5.74) is 1.34. The van der Waals surface area contributed by atoms with Crippen LogP contribution in [0.1, 0.15) is 48.5 Å². The lowest BCUT2D eigenvalue weighted by molar-refractivity contribution is -0.0232. The van der Waals surface area contributed by atoms with Crippen LogP contribution < -0.4 is 4.74 Å². The monoisotopic (exact) mass is 410 g/mol. The lowest BCUT2D eigenvalue weighted by Gasteiger charge is -2.16. The molecule has 0 aliphatic heterocycles. The summed E-state index contributed by atoms with van der Waals surface area (Å²) in [4.78, 5) is 11.9. The number of carbonyl (C=O) groups is 1. The SMILES string of the molecule is CCOC(=O)c1cc(OCC(C)(F)F)c(I)c(C2CC2)c1. The quantitative estimate of drug-likeness (QED) is 0.516. The molecule has 2 rings (SSSR count). The van der Waals surface area contributed by atoms with Crippen molar-refractivity contribution in [2.24, 2.45) is 0 Å². The van der Waals surface area contributed by atoms with Crippen molar-refractivity contribution in [1.82, 2.24) is 0 Å². The molecule has 0 spiro atoms. The molecule has 0 amide bonds. The molecule has 0 aromatic heterocycles. The van der Waals surface area contributed by atoms with Gasteiger partial charge in [0.2, 0.25) is 0 Å². The van der Waals surface area contributed by atoms with Gasteiger partial charge in [0.1, 0.15) is 5.75 Å². The van der Waals surface area contributed by atoms with Gasteiger partial charge in [-0.05, 0) is 66.0 Å². The first-order chi connectivity index (χ1) is 9.81. The summed E-state index contributed by atoms with van der Waals surface area (Å²) in [7, 11) is 0. The molecule has 1 aromatic rings. The fourth-order valence-corrected chi connectivity index (χ4v) is 2.86. The molecule has 0 unspecified atom stereocenters. The summed E-state index contributed by atoms with van der Waals surface area (Å²) in [5, 5.41) is 0. The molecule has 1 saturated carbocycles. The highest BCUT2D eigenvalue weighted by molar-refractivity contribution is 14.1. The van der Waals surface area contributed by atoms with Crippen LogP contribution in [0.25, 0.3) is 0 Å². The molecule has 6 heteroatoms. The average Bonchev–Trinajstić information content (AvgIpc) is 3.21. The molecular weight excluding hydrogens is 393 g/mol. The van der Waals surface area contributed by atoms with Crippen LogP contribution in [0.3, 0.4) is 0 Å². The van der Waals surface area contributed by atoms with Crippen molar-refractivity contribution in [3.05, 3.63) is 26.8 Å². The van der Waals surface area contributed by atoms with Crippen molar-refractivity contribution in [2.45, 2.75) is 38.5 Å². The third kappa shape index (κ3) is 4.52. The number of rotatable bonds is 6. The first kappa shape index (κ1) is 16.5. The van der Waals surface area contributed by atoms with E-state index in [0.717, 1.165) is 28.9 Å². The minimum absolute atomic E-state index is 0.271. The van der Waals surface area contributed by atoms with Gasteiger partial charge in [0, 0.05) is 6.92 Å². The Hall–Kier alpha value is -0.920. The van der Waals surface area contributed by atoms with Crippen LogP contribution >= 0.6 is 22.6 Å². The molecule has 0 radical (unpaired) electrons. The molecule has 1 aliphatic carbocycles. The molecule has 0 bridgehead atoms. The molecule has 0 heterocycles. The zero-order valence-electron chi connectivity index (χ0n) is 11.9. The Morgan fingerprint density at radius 2 is 2.10 bits per heavy atom. The molecule has 1 fully saturated rings. The van der Waals surface area contributed by atoms with Crippen LogP contribution in [-0.2, 0) is 4.74 Å². The number of esters is 1. The molecule has 0 atom stereocenters. The van der Waals surface area contributed by atoms with Gasteiger partial charge in [-0.1, -0.05) is 0 Å². The van der Waals surface area contributed by atoms with Crippen molar-refractivity contribution < 1.29 is 23.0 Å². The number of halogens is 3. The lowest BCUT2D eigenvalue weighted by Crippen LogP contribution is -2.21. The van der Waals surface area contributed by atoms with E-state index in [9.17, 15) is 13.6 Å². The minimum Gasteiger partial charge on any atom is -0.486 e. The number of carbonyl (C=O) groups excluding carboxylic acids is 1. The van der Waals surface area contributed by atoms with E-state index in [0.29, 0.717) is 17.2 Å². The topological polar surface area (TPSA) is 35.5 Å². The van der Waals surface area contributed by atoms with Gasteiger partial charge in [-0.25, -0.2) is 13.6 Å². The first-order valence-corrected chi connectivity index (χ1v) is 7.91. The van der Waals surface area contributed by atoms with Gasteiger partial charge in [0.25, 0.3) is 5.92 Å². The highest BCUT2D eigenvalue weighted by Crippen LogP contribution is 2.44. The fraction of sp³-hybridized carbons (Fsp3) is 0.533.